The molecule has 0 aromatic heterocycles. The molecule has 1 aliphatic rings. The summed E-state index contributed by atoms with van der Waals surface area (Å²) in [5, 5.41) is 0. The highest BCUT2D eigenvalue weighted by Crippen LogP contribution is 2.30. The predicted molar refractivity (Wildman–Crippen MR) is 55.4 cm³/mol. The van der Waals surface area contributed by atoms with Gasteiger partial charge in [0.2, 0.25) is 0 Å². The van der Waals surface area contributed by atoms with Crippen LogP contribution in [0, 0.1) is 17.6 Å². The maximum Gasteiger partial charge on any atom is 0.162 e. The summed E-state index contributed by atoms with van der Waals surface area (Å²) in [5.41, 5.74) is 6.34. The van der Waals surface area contributed by atoms with Crippen LogP contribution >= 0.6 is 0 Å². The van der Waals surface area contributed by atoms with Crippen molar-refractivity contribution in [2.45, 2.75) is 31.7 Å². The Morgan fingerprint density at radius 3 is 2.67 bits per heavy atom. The fourth-order valence-corrected chi connectivity index (χ4v) is 1.99. The second kappa shape index (κ2) is 4.27. The van der Waals surface area contributed by atoms with E-state index in [2.05, 4.69) is 0 Å². The first kappa shape index (κ1) is 10.6. The van der Waals surface area contributed by atoms with E-state index in [-0.39, 0.29) is 6.04 Å². The van der Waals surface area contributed by atoms with Crippen LogP contribution in [-0.2, 0) is 6.42 Å². The summed E-state index contributed by atoms with van der Waals surface area (Å²) in [6.07, 6.45) is 3.90. The molecule has 3 heteroatoms. The molecule has 15 heavy (non-hydrogen) atoms. The minimum Gasteiger partial charge on any atom is -0.327 e. The number of rotatable bonds is 3. The molecule has 1 unspecified atom stereocenters. The molecule has 1 aromatic rings. The van der Waals surface area contributed by atoms with Crippen LogP contribution in [0.1, 0.15) is 24.8 Å². The lowest BCUT2D eigenvalue weighted by Gasteiger charge is -2.31. The molecule has 1 fully saturated rings. The van der Waals surface area contributed by atoms with Gasteiger partial charge < -0.3 is 5.73 Å². The molecule has 0 radical (unpaired) electrons. The summed E-state index contributed by atoms with van der Waals surface area (Å²) < 4.78 is 26.2. The maximum absolute atomic E-state index is 13.3. The van der Waals surface area contributed by atoms with Crippen LogP contribution in [0.15, 0.2) is 18.2 Å². The van der Waals surface area contributed by atoms with Crippen LogP contribution in [0.4, 0.5) is 8.78 Å². The highest BCUT2D eigenvalue weighted by atomic mass is 19.2. The zero-order valence-corrected chi connectivity index (χ0v) is 8.55. The van der Waals surface area contributed by atoms with Crippen LogP contribution in [-0.4, -0.2) is 6.04 Å². The number of halogens is 2. The molecule has 0 saturated heterocycles. The van der Waals surface area contributed by atoms with Gasteiger partial charge in [0.15, 0.2) is 11.6 Å². The fraction of sp³-hybridized carbons (Fsp3) is 0.500. The van der Waals surface area contributed by atoms with E-state index in [0.717, 1.165) is 18.9 Å². The third kappa shape index (κ3) is 2.17. The third-order valence-corrected chi connectivity index (χ3v) is 3.24. The van der Waals surface area contributed by atoms with Crippen molar-refractivity contribution in [1.82, 2.24) is 0 Å². The summed E-state index contributed by atoms with van der Waals surface area (Å²) in [5.74, 6) is -1.03. The van der Waals surface area contributed by atoms with Crippen LogP contribution in [0.5, 0.6) is 0 Å². The van der Waals surface area contributed by atoms with Crippen LogP contribution < -0.4 is 5.73 Å². The molecule has 1 aliphatic carbocycles. The molecule has 0 spiro atoms. The number of hydrogen-bond donors (Lipinski definition) is 1. The van der Waals surface area contributed by atoms with E-state index < -0.39 is 11.6 Å². The SMILES string of the molecule is NC(Cc1cccc(F)c1F)C1CCC1. The van der Waals surface area contributed by atoms with Gasteiger partial charge in [-0.3, -0.25) is 0 Å². The van der Waals surface area contributed by atoms with Crippen molar-refractivity contribution in [2.24, 2.45) is 11.7 Å². The second-order valence-corrected chi connectivity index (χ2v) is 4.27. The molecule has 1 saturated carbocycles. The first-order chi connectivity index (χ1) is 7.18. The van der Waals surface area contributed by atoms with Crippen molar-refractivity contribution in [3.63, 3.8) is 0 Å². The predicted octanol–water partition coefficient (Wildman–Crippen LogP) is 2.63. The lowest BCUT2D eigenvalue weighted by Crippen LogP contribution is -2.36. The molecular weight excluding hydrogens is 196 g/mol. The molecule has 2 N–H and O–H groups in total. The molecule has 1 nitrogen and oxygen atoms in total. The summed E-state index contributed by atoms with van der Waals surface area (Å²) >= 11 is 0. The van der Waals surface area contributed by atoms with Gasteiger partial charge in [0.1, 0.15) is 0 Å². The van der Waals surface area contributed by atoms with Crippen molar-refractivity contribution in [3.8, 4) is 0 Å². The minimum absolute atomic E-state index is 0.0324. The van der Waals surface area contributed by atoms with Gasteiger partial charge in [-0.2, -0.15) is 0 Å². The number of benzene rings is 1. The van der Waals surface area contributed by atoms with Gasteiger partial charge in [-0.05, 0) is 36.8 Å². The van der Waals surface area contributed by atoms with E-state index in [0.29, 0.717) is 17.9 Å². The quantitative estimate of drug-likeness (QED) is 0.817. The largest absolute Gasteiger partial charge is 0.327 e. The Bertz CT molecular complexity index is 347. The minimum atomic E-state index is -0.784. The summed E-state index contributed by atoms with van der Waals surface area (Å²) in [6, 6.07) is 4.24. The molecule has 1 atom stereocenters. The first-order valence-corrected chi connectivity index (χ1v) is 5.37. The van der Waals surface area contributed by atoms with Gasteiger partial charge in [-0.1, -0.05) is 18.6 Å². The van der Waals surface area contributed by atoms with Gasteiger partial charge in [0.05, 0.1) is 0 Å². The van der Waals surface area contributed by atoms with E-state index in [4.69, 9.17) is 5.73 Å². The van der Waals surface area contributed by atoms with E-state index in [1.807, 2.05) is 0 Å². The Labute approximate surface area is 88.3 Å². The van der Waals surface area contributed by atoms with Crippen LogP contribution in [0.3, 0.4) is 0 Å². The van der Waals surface area contributed by atoms with Gasteiger partial charge in [-0.25, -0.2) is 8.78 Å². The lowest BCUT2D eigenvalue weighted by atomic mass is 9.78. The monoisotopic (exact) mass is 211 g/mol. The molecular formula is C12H15F2N. The highest BCUT2D eigenvalue weighted by Gasteiger charge is 2.25. The molecule has 0 amide bonds. The molecule has 0 heterocycles. The Morgan fingerprint density at radius 2 is 2.07 bits per heavy atom. The Morgan fingerprint density at radius 1 is 1.33 bits per heavy atom. The topological polar surface area (TPSA) is 26.0 Å². The van der Waals surface area contributed by atoms with Crippen molar-refractivity contribution in [1.29, 1.82) is 0 Å². The van der Waals surface area contributed by atoms with E-state index in [1.54, 1.807) is 6.07 Å². The normalized spacial score (nSPS) is 18.6. The van der Waals surface area contributed by atoms with Crippen molar-refractivity contribution < 1.29 is 8.78 Å². The standard InChI is InChI=1S/C12H15F2N/c13-10-6-2-5-9(12(10)14)7-11(15)8-3-1-4-8/h2,5-6,8,11H,1,3-4,7,15H2. The number of hydrogen-bond acceptors (Lipinski definition) is 1. The molecule has 82 valence electrons. The summed E-state index contributed by atoms with van der Waals surface area (Å²) in [4.78, 5) is 0. The van der Waals surface area contributed by atoms with Gasteiger partial charge in [0, 0.05) is 6.04 Å². The molecule has 2 rings (SSSR count). The van der Waals surface area contributed by atoms with E-state index >= 15 is 0 Å². The first-order valence-electron chi connectivity index (χ1n) is 5.37. The lowest BCUT2D eigenvalue weighted by molar-refractivity contribution is 0.259. The van der Waals surface area contributed by atoms with E-state index in [9.17, 15) is 8.78 Å². The smallest absolute Gasteiger partial charge is 0.162 e. The molecule has 0 aliphatic heterocycles. The Kier molecular flexibility index (Phi) is 3.00. The van der Waals surface area contributed by atoms with Crippen molar-refractivity contribution >= 4 is 0 Å². The zero-order valence-electron chi connectivity index (χ0n) is 8.55. The van der Waals surface area contributed by atoms with Gasteiger partial charge in [-0.15, -0.1) is 0 Å². The Balaban J connectivity index is 2.06. The second-order valence-electron chi connectivity index (χ2n) is 4.27. The zero-order chi connectivity index (χ0) is 10.8. The Hall–Kier alpha value is -0.960. The average Bonchev–Trinajstić information content (AvgIpc) is 2.10. The van der Waals surface area contributed by atoms with Crippen LogP contribution in [0.25, 0.3) is 0 Å². The van der Waals surface area contributed by atoms with Gasteiger partial charge >= 0.3 is 0 Å². The molecule has 0 bridgehead atoms. The fourth-order valence-electron chi connectivity index (χ4n) is 1.99. The third-order valence-electron chi connectivity index (χ3n) is 3.24. The molecule has 1 aromatic carbocycles. The highest BCUT2D eigenvalue weighted by molar-refractivity contribution is 5.20. The van der Waals surface area contributed by atoms with Gasteiger partial charge in [0.25, 0.3) is 0 Å². The van der Waals surface area contributed by atoms with Crippen molar-refractivity contribution in [2.75, 3.05) is 0 Å². The number of nitrogens with two attached hydrogens (primary N) is 1. The van der Waals surface area contributed by atoms with Crippen LogP contribution in [0.2, 0.25) is 0 Å². The maximum atomic E-state index is 13.3. The summed E-state index contributed by atoms with van der Waals surface area (Å²) in [7, 11) is 0. The van der Waals surface area contributed by atoms with Crippen molar-refractivity contribution in [3.05, 3.63) is 35.4 Å². The summed E-state index contributed by atoms with van der Waals surface area (Å²) in [6.45, 7) is 0. The van der Waals surface area contributed by atoms with E-state index in [1.165, 1.54) is 12.5 Å². The average molecular weight is 211 g/mol.